The van der Waals surface area contributed by atoms with Crippen molar-refractivity contribution in [3.8, 4) is 5.75 Å². The van der Waals surface area contributed by atoms with E-state index in [0.29, 0.717) is 11.3 Å². The molecule has 0 radical (unpaired) electrons. The normalized spacial score (nSPS) is 19.7. The van der Waals surface area contributed by atoms with Crippen molar-refractivity contribution in [2.45, 2.75) is 46.0 Å². The van der Waals surface area contributed by atoms with Crippen LogP contribution in [0.1, 0.15) is 46.1 Å². The minimum atomic E-state index is 0.285. The van der Waals surface area contributed by atoms with Crippen LogP contribution in [0, 0.1) is 11.3 Å². The van der Waals surface area contributed by atoms with Crippen molar-refractivity contribution in [3.63, 3.8) is 0 Å². The number of nitrogens with one attached hydrogen (secondary N) is 1. The monoisotopic (exact) mass is 275 g/mol. The van der Waals surface area contributed by atoms with Crippen molar-refractivity contribution in [1.82, 2.24) is 5.32 Å². The zero-order valence-corrected chi connectivity index (χ0v) is 13.6. The van der Waals surface area contributed by atoms with E-state index >= 15 is 0 Å². The fraction of sp³-hybridized carbons (Fsp3) is 0.667. The smallest absolute Gasteiger partial charge is 0.119 e. The first-order valence-corrected chi connectivity index (χ1v) is 7.72. The molecule has 0 aromatic heterocycles. The van der Waals surface area contributed by atoms with Gasteiger partial charge in [0.1, 0.15) is 5.75 Å². The molecule has 1 aliphatic rings. The van der Waals surface area contributed by atoms with E-state index in [9.17, 15) is 0 Å². The molecule has 1 aromatic rings. The Morgan fingerprint density at radius 3 is 2.50 bits per heavy atom. The van der Waals surface area contributed by atoms with Crippen molar-refractivity contribution in [2.75, 3.05) is 20.2 Å². The highest BCUT2D eigenvalue weighted by Gasteiger charge is 2.49. The summed E-state index contributed by atoms with van der Waals surface area (Å²) in [5.41, 5.74) is 2.17. The molecule has 1 N–H and O–H groups in total. The molecule has 0 amide bonds. The maximum absolute atomic E-state index is 5.39. The Balaban J connectivity index is 2.15. The third-order valence-corrected chi connectivity index (χ3v) is 4.33. The Morgan fingerprint density at radius 1 is 1.25 bits per heavy atom. The highest BCUT2D eigenvalue weighted by Crippen LogP contribution is 2.55. The van der Waals surface area contributed by atoms with E-state index in [-0.39, 0.29) is 5.41 Å². The van der Waals surface area contributed by atoms with E-state index in [4.69, 9.17) is 4.74 Å². The van der Waals surface area contributed by atoms with Crippen LogP contribution in [0.2, 0.25) is 0 Å². The molecule has 2 rings (SSSR count). The predicted octanol–water partition coefficient (Wildman–Crippen LogP) is 4.00. The standard InChI is InChI=1S/C18H29NO/c1-14(2)10-19-13-18(11-17(3,4)12-18)15-7-6-8-16(9-15)20-5/h6-9,14,19H,10-13H2,1-5H3. The first-order valence-electron chi connectivity index (χ1n) is 7.72. The minimum Gasteiger partial charge on any atom is -0.497 e. The summed E-state index contributed by atoms with van der Waals surface area (Å²) in [5.74, 6) is 1.67. The van der Waals surface area contributed by atoms with Crippen LogP contribution in [0.25, 0.3) is 0 Å². The van der Waals surface area contributed by atoms with Crippen LogP contribution in [0.4, 0.5) is 0 Å². The van der Waals surface area contributed by atoms with Gasteiger partial charge in [-0.15, -0.1) is 0 Å². The molecule has 0 heterocycles. The van der Waals surface area contributed by atoms with Crippen LogP contribution in [0.15, 0.2) is 24.3 Å². The van der Waals surface area contributed by atoms with Gasteiger partial charge in [-0.3, -0.25) is 0 Å². The Hall–Kier alpha value is -1.02. The van der Waals surface area contributed by atoms with Gasteiger partial charge in [0, 0.05) is 12.0 Å². The molecule has 1 aromatic carbocycles. The SMILES string of the molecule is COc1cccc(C2(CNCC(C)C)CC(C)(C)C2)c1. The van der Waals surface area contributed by atoms with Crippen LogP contribution in [0.5, 0.6) is 5.75 Å². The molecule has 0 saturated heterocycles. The molecular formula is C18H29NO. The number of ether oxygens (including phenoxy) is 1. The fourth-order valence-electron chi connectivity index (χ4n) is 3.76. The second kappa shape index (κ2) is 5.77. The zero-order valence-electron chi connectivity index (χ0n) is 13.6. The van der Waals surface area contributed by atoms with E-state index in [1.165, 1.54) is 18.4 Å². The second-order valence-corrected chi connectivity index (χ2v) is 7.55. The summed E-state index contributed by atoms with van der Waals surface area (Å²) in [5, 5.41) is 3.66. The van der Waals surface area contributed by atoms with Crippen molar-refractivity contribution in [3.05, 3.63) is 29.8 Å². The van der Waals surface area contributed by atoms with E-state index < -0.39 is 0 Å². The lowest BCUT2D eigenvalue weighted by atomic mass is 9.52. The van der Waals surface area contributed by atoms with Crippen molar-refractivity contribution in [2.24, 2.45) is 11.3 Å². The van der Waals surface area contributed by atoms with Crippen LogP contribution < -0.4 is 10.1 Å². The van der Waals surface area contributed by atoms with Crippen LogP contribution in [-0.2, 0) is 5.41 Å². The minimum absolute atomic E-state index is 0.285. The average Bonchev–Trinajstić information content (AvgIpc) is 2.35. The molecule has 20 heavy (non-hydrogen) atoms. The van der Waals surface area contributed by atoms with Gasteiger partial charge < -0.3 is 10.1 Å². The van der Waals surface area contributed by atoms with Crippen molar-refractivity contribution in [1.29, 1.82) is 0 Å². The maximum Gasteiger partial charge on any atom is 0.119 e. The van der Waals surface area contributed by atoms with Gasteiger partial charge in [0.15, 0.2) is 0 Å². The summed E-state index contributed by atoms with van der Waals surface area (Å²) in [6, 6.07) is 8.62. The Kier molecular flexibility index (Phi) is 4.43. The van der Waals surface area contributed by atoms with Gasteiger partial charge >= 0.3 is 0 Å². The number of rotatable bonds is 6. The average molecular weight is 275 g/mol. The molecule has 0 spiro atoms. The summed E-state index contributed by atoms with van der Waals surface area (Å²) in [4.78, 5) is 0. The number of methoxy groups -OCH3 is 1. The summed E-state index contributed by atoms with van der Waals surface area (Å²) in [7, 11) is 1.74. The molecule has 2 nitrogen and oxygen atoms in total. The van der Waals surface area contributed by atoms with E-state index in [0.717, 1.165) is 18.8 Å². The van der Waals surface area contributed by atoms with Crippen molar-refractivity contribution >= 4 is 0 Å². The number of hydrogen-bond acceptors (Lipinski definition) is 2. The lowest BCUT2D eigenvalue weighted by molar-refractivity contribution is 0.0557. The first-order chi connectivity index (χ1) is 9.37. The molecule has 1 saturated carbocycles. The van der Waals surface area contributed by atoms with Gasteiger partial charge in [-0.1, -0.05) is 39.8 Å². The topological polar surface area (TPSA) is 21.3 Å². The molecule has 0 unspecified atom stereocenters. The predicted molar refractivity (Wildman–Crippen MR) is 85.4 cm³/mol. The Labute approximate surface area is 123 Å². The lowest BCUT2D eigenvalue weighted by Gasteiger charge is -2.54. The fourth-order valence-corrected chi connectivity index (χ4v) is 3.76. The van der Waals surface area contributed by atoms with Gasteiger partial charge in [-0.25, -0.2) is 0 Å². The first kappa shape index (κ1) is 15.4. The molecule has 1 fully saturated rings. The molecular weight excluding hydrogens is 246 g/mol. The quantitative estimate of drug-likeness (QED) is 0.847. The van der Waals surface area contributed by atoms with Crippen LogP contribution >= 0.6 is 0 Å². The molecule has 0 aliphatic heterocycles. The highest BCUT2D eigenvalue weighted by atomic mass is 16.5. The Bertz CT molecular complexity index is 442. The number of benzene rings is 1. The molecule has 0 bridgehead atoms. The number of hydrogen-bond donors (Lipinski definition) is 1. The zero-order chi connectivity index (χ0) is 14.8. The van der Waals surface area contributed by atoms with Gasteiger partial charge in [0.2, 0.25) is 0 Å². The molecule has 112 valence electrons. The third kappa shape index (κ3) is 3.35. The van der Waals surface area contributed by atoms with Crippen LogP contribution in [-0.4, -0.2) is 20.2 Å². The maximum atomic E-state index is 5.39. The highest BCUT2D eigenvalue weighted by molar-refractivity contribution is 5.37. The molecule has 1 aliphatic carbocycles. The summed E-state index contributed by atoms with van der Waals surface area (Å²) in [6.07, 6.45) is 2.50. The van der Waals surface area contributed by atoms with Crippen LogP contribution in [0.3, 0.4) is 0 Å². The Morgan fingerprint density at radius 2 is 1.95 bits per heavy atom. The van der Waals surface area contributed by atoms with E-state index in [1.807, 2.05) is 6.07 Å². The third-order valence-electron chi connectivity index (χ3n) is 4.33. The van der Waals surface area contributed by atoms with Gasteiger partial charge in [0.25, 0.3) is 0 Å². The van der Waals surface area contributed by atoms with Gasteiger partial charge in [-0.05, 0) is 48.4 Å². The van der Waals surface area contributed by atoms with Gasteiger partial charge in [0.05, 0.1) is 7.11 Å². The lowest BCUT2D eigenvalue weighted by Crippen LogP contribution is -2.52. The summed E-state index contributed by atoms with van der Waals surface area (Å²) in [6.45, 7) is 11.4. The summed E-state index contributed by atoms with van der Waals surface area (Å²) < 4.78 is 5.39. The van der Waals surface area contributed by atoms with E-state index in [2.05, 4.69) is 51.2 Å². The van der Waals surface area contributed by atoms with E-state index in [1.54, 1.807) is 7.11 Å². The summed E-state index contributed by atoms with van der Waals surface area (Å²) >= 11 is 0. The van der Waals surface area contributed by atoms with Crippen molar-refractivity contribution < 1.29 is 4.74 Å². The van der Waals surface area contributed by atoms with Gasteiger partial charge in [-0.2, -0.15) is 0 Å². The molecule has 0 atom stereocenters. The second-order valence-electron chi connectivity index (χ2n) is 7.55. The largest absolute Gasteiger partial charge is 0.497 e. The molecule has 2 heteroatoms.